The number of aryl methyl sites for hydroxylation is 3. The van der Waals surface area contributed by atoms with Crippen molar-refractivity contribution in [2.24, 2.45) is 0 Å². The number of esters is 1. The topological polar surface area (TPSA) is 86.7 Å². The van der Waals surface area contributed by atoms with Gasteiger partial charge in [-0.1, -0.05) is 17.3 Å². The van der Waals surface area contributed by atoms with Crippen LogP contribution in [-0.4, -0.2) is 20.5 Å². The van der Waals surface area contributed by atoms with Crippen LogP contribution < -0.4 is 5.56 Å². The lowest BCUT2D eigenvalue weighted by atomic mass is 10.2. The first-order valence-corrected chi connectivity index (χ1v) is 11.1. The summed E-state index contributed by atoms with van der Waals surface area (Å²) in [5.74, 6) is 0.955. The van der Waals surface area contributed by atoms with Gasteiger partial charge in [0.15, 0.2) is 4.96 Å². The van der Waals surface area contributed by atoms with Crippen molar-refractivity contribution in [1.82, 2.24) is 14.5 Å². The first-order valence-electron chi connectivity index (χ1n) is 9.21. The Hall–Kier alpha value is -2.91. The third kappa shape index (κ3) is 4.03. The van der Waals surface area contributed by atoms with Gasteiger partial charge < -0.3 is 9.26 Å². The Morgan fingerprint density at radius 2 is 2.07 bits per heavy atom. The SMILES string of the molecule is Cc1noc(C)c1CSc1ccccc1C(=O)OCc1cc(=O)n2c(C)csc2n1. The molecule has 4 rings (SSSR count). The van der Waals surface area contributed by atoms with Crippen molar-refractivity contribution in [3.63, 3.8) is 0 Å². The molecule has 9 heteroatoms. The zero-order chi connectivity index (χ0) is 21.3. The predicted octanol–water partition coefficient (Wildman–Crippen LogP) is 4.32. The van der Waals surface area contributed by atoms with Crippen molar-refractivity contribution in [3.8, 4) is 0 Å². The zero-order valence-corrected chi connectivity index (χ0v) is 18.3. The second-order valence-electron chi connectivity index (χ2n) is 6.74. The summed E-state index contributed by atoms with van der Waals surface area (Å²) in [6, 6.07) is 8.68. The fourth-order valence-electron chi connectivity index (χ4n) is 3.01. The fourth-order valence-corrected chi connectivity index (χ4v) is 5.10. The molecule has 0 N–H and O–H groups in total. The van der Waals surface area contributed by atoms with Crippen LogP contribution in [0.3, 0.4) is 0 Å². The minimum absolute atomic E-state index is 0.0651. The molecule has 0 aliphatic rings. The highest BCUT2D eigenvalue weighted by molar-refractivity contribution is 7.98. The number of aromatic nitrogens is 3. The summed E-state index contributed by atoms with van der Waals surface area (Å²) >= 11 is 2.90. The van der Waals surface area contributed by atoms with E-state index < -0.39 is 5.97 Å². The van der Waals surface area contributed by atoms with E-state index in [1.165, 1.54) is 33.6 Å². The van der Waals surface area contributed by atoms with Crippen molar-refractivity contribution in [2.45, 2.75) is 38.0 Å². The number of rotatable bonds is 6. The molecule has 0 aliphatic heterocycles. The third-order valence-electron chi connectivity index (χ3n) is 4.64. The smallest absolute Gasteiger partial charge is 0.339 e. The number of benzene rings is 1. The summed E-state index contributed by atoms with van der Waals surface area (Å²) in [6.07, 6.45) is 0. The number of thiazole rings is 1. The Bertz CT molecular complexity index is 1270. The minimum atomic E-state index is -0.457. The van der Waals surface area contributed by atoms with Crippen LogP contribution in [0.15, 0.2) is 49.9 Å². The Morgan fingerprint density at radius 3 is 2.83 bits per heavy atom. The number of ether oxygens (including phenoxy) is 1. The highest BCUT2D eigenvalue weighted by atomic mass is 32.2. The lowest BCUT2D eigenvalue weighted by Gasteiger charge is -2.09. The van der Waals surface area contributed by atoms with Crippen molar-refractivity contribution in [1.29, 1.82) is 0 Å². The molecule has 0 saturated carbocycles. The van der Waals surface area contributed by atoms with E-state index in [1.807, 2.05) is 38.3 Å². The molecule has 0 atom stereocenters. The molecule has 3 heterocycles. The van der Waals surface area contributed by atoms with E-state index in [4.69, 9.17) is 9.26 Å². The lowest BCUT2D eigenvalue weighted by Crippen LogP contribution is -2.16. The van der Waals surface area contributed by atoms with Crippen LogP contribution >= 0.6 is 23.1 Å². The maximum absolute atomic E-state index is 12.7. The zero-order valence-electron chi connectivity index (χ0n) is 16.7. The van der Waals surface area contributed by atoms with Gasteiger partial charge in [-0.25, -0.2) is 9.78 Å². The summed E-state index contributed by atoms with van der Waals surface area (Å²) in [5, 5.41) is 5.83. The van der Waals surface area contributed by atoms with Gasteiger partial charge in [0, 0.05) is 33.4 Å². The molecule has 4 aromatic rings. The van der Waals surface area contributed by atoms with Gasteiger partial charge in [-0.3, -0.25) is 9.20 Å². The Balaban J connectivity index is 1.48. The number of carbonyl (C=O) groups is 1. The Morgan fingerprint density at radius 1 is 1.27 bits per heavy atom. The van der Waals surface area contributed by atoms with Gasteiger partial charge in [-0.15, -0.1) is 23.1 Å². The van der Waals surface area contributed by atoms with E-state index in [-0.39, 0.29) is 12.2 Å². The average molecular weight is 442 g/mol. The second-order valence-corrected chi connectivity index (χ2v) is 8.60. The van der Waals surface area contributed by atoms with Crippen LogP contribution in [0.5, 0.6) is 0 Å². The summed E-state index contributed by atoms with van der Waals surface area (Å²) in [5.41, 5.74) is 3.42. The van der Waals surface area contributed by atoms with Gasteiger partial charge >= 0.3 is 5.97 Å². The summed E-state index contributed by atoms with van der Waals surface area (Å²) in [7, 11) is 0. The lowest BCUT2D eigenvalue weighted by molar-refractivity contribution is 0.0463. The highest BCUT2D eigenvalue weighted by Gasteiger charge is 2.16. The van der Waals surface area contributed by atoms with Gasteiger partial charge in [-0.2, -0.15) is 0 Å². The van der Waals surface area contributed by atoms with E-state index in [2.05, 4.69) is 10.1 Å². The highest BCUT2D eigenvalue weighted by Crippen LogP contribution is 2.29. The van der Waals surface area contributed by atoms with E-state index in [1.54, 1.807) is 12.1 Å². The number of nitrogens with zero attached hydrogens (tertiary/aromatic N) is 3. The maximum Gasteiger partial charge on any atom is 0.339 e. The average Bonchev–Trinajstić information content (AvgIpc) is 3.27. The number of hydrogen-bond acceptors (Lipinski definition) is 8. The van der Waals surface area contributed by atoms with Gasteiger partial charge in [-0.05, 0) is 32.9 Å². The molecule has 7 nitrogen and oxygen atoms in total. The molecule has 154 valence electrons. The largest absolute Gasteiger partial charge is 0.456 e. The summed E-state index contributed by atoms with van der Waals surface area (Å²) in [4.78, 5) is 30.8. The van der Waals surface area contributed by atoms with Gasteiger partial charge in [0.25, 0.3) is 5.56 Å². The van der Waals surface area contributed by atoms with E-state index in [0.29, 0.717) is 22.0 Å². The second kappa shape index (κ2) is 8.45. The number of carbonyl (C=O) groups excluding carboxylic acids is 1. The molecule has 0 saturated heterocycles. The number of hydrogen-bond donors (Lipinski definition) is 0. The fraction of sp³-hybridized carbons (Fsp3) is 0.238. The molecule has 0 unspecified atom stereocenters. The molecule has 3 aromatic heterocycles. The van der Waals surface area contributed by atoms with Crippen molar-refractivity contribution in [2.75, 3.05) is 0 Å². The van der Waals surface area contributed by atoms with Crippen LogP contribution in [0.1, 0.15) is 38.8 Å². The first kappa shape index (κ1) is 20.4. The monoisotopic (exact) mass is 441 g/mol. The first-order chi connectivity index (χ1) is 14.4. The van der Waals surface area contributed by atoms with Gasteiger partial charge in [0.1, 0.15) is 12.4 Å². The van der Waals surface area contributed by atoms with Crippen LogP contribution in [0.2, 0.25) is 0 Å². The molecule has 0 bridgehead atoms. The summed E-state index contributed by atoms with van der Waals surface area (Å²) < 4.78 is 12.2. The number of thioether (sulfide) groups is 1. The van der Waals surface area contributed by atoms with E-state index in [9.17, 15) is 9.59 Å². The van der Waals surface area contributed by atoms with Crippen LogP contribution in [0.25, 0.3) is 4.96 Å². The molecular formula is C21H19N3O4S2. The molecule has 30 heavy (non-hydrogen) atoms. The third-order valence-corrected chi connectivity index (χ3v) is 6.68. The predicted molar refractivity (Wildman–Crippen MR) is 115 cm³/mol. The van der Waals surface area contributed by atoms with Crippen molar-refractivity contribution >= 4 is 34.0 Å². The van der Waals surface area contributed by atoms with E-state index in [0.717, 1.165) is 27.6 Å². The Labute approximate surface area is 180 Å². The summed E-state index contributed by atoms with van der Waals surface area (Å²) in [6.45, 7) is 5.55. The quantitative estimate of drug-likeness (QED) is 0.325. The molecule has 1 aromatic carbocycles. The molecule has 0 radical (unpaired) electrons. The molecule has 0 fully saturated rings. The minimum Gasteiger partial charge on any atom is -0.456 e. The molecule has 0 spiro atoms. The van der Waals surface area contributed by atoms with Crippen LogP contribution in [0, 0.1) is 20.8 Å². The van der Waals surface area contributed by atoms with Crippen molar-refractivity contribution in [3.05, 3.63) is 80.0 Å². The maximum atomic E-state index is 12.7. The van der Waals surface area contributed by atoms with Crippen LogP contribution in [0.4, 0.5) is 0 Å². The standard InChI is InChI=1S/C21H19N3O4S2/c1-12-10-30-21-22-15(8-19(25)24(12)21)9-27-20(26)16-6-4-5-7-18(16)29-11-17-13(2)23-28-14(17)3/h4-8,10H,9,11H2,1-3H3. The van der Waals surface area contributed by atoms with Gasteiger partial charge in [0.2, 0.25) is 0 Å². The van der Waals surface area contributed by atoms with E-state index >= 15 is 0 Å². The normalized spacial score (nSPS) is 11.2. The van der Waals surface area contributed by atoms with Crippen LogP contribution in [-0.2, 0) is 17.1 Å². The number of fused-ring (bicyclic) bond motifs is 1. The molecular weight excluding hydrogens is 422 g/mol. The molecule has 0 amide bonds. The van der Waals surface area contributed by atoms with Gasteiger partial charge in [0.05, 0.1) is 17.0 Å². The Kier molecular flexibility index (Phi) is 5.74. The van der Waals surface area contributed by atoms with Crippen molar-refractivity contribution < 1.29 is 14.1 Å². The molecule has 0 aliphatic carbocycles.